The monoisotopic (exact) mass is 243 g/mol. The van der Waals surface area contributed by atoms with E-state index in [1.165, 1.54) is 12.3 Å². The standard InChI is InChI=1S/C13H9NO4/c15-5-1-2-8-3-4-11-9(6-8)12(16)10(7-14-11)13(17)18/h3-4,6-7,15H,5H2,(H,14,16)(H,17,18). The summed E-state index contributed by atoms with van der Waals surface area (Å²) in [5.74, 6) is 3.85. The van der Waals surface area contributed by atoms with Crippen LogP contribution >= 0.6 is 0 Å². The first-order valence-electron chi connectivity index (χ1n) is 5.12. The minimum absolute atomic E-state index is 0.264. The van der Waals surface area contributed by atoms with Crippen molar-refractivity contribution in [2.24, 2.45) is 0 Å². The minimum atomic E-state index is -1.27. The molecule has 3 N–H and O–H groups in total. The topological polar surface area (TPSA) is 90.4 Å². The lowest BCUT2D eigenvalue weighted by molar-refractivity contribution is 0.0695. The Kier molecular flexibility index (Phi) is 3.13. The van der Waals surface area contributed by atoms with Gasteiger partial charge in [-0.3, -0.25) is 4.79 Å². The molecular formula is C13H9NO4. The molecule has 1 heterocycles. The Morgan fingerprint density at radius 3 is 2.83 bits per heavy atom. The Balaban J connectivity index is 2.70. The zero-order chi connectivity index (χ0) is 13.1. The van der Waals surface area contributed by atoms with Crippen molar-refractivity contribution in [3.63, 3.8) is 0 Å². The fourth-order valence-electron chi connectivity index (χ4n) is 1.60. The number of hydrogen-bond acceptors (Lipinski definition) is 3. The summed E-state index contributed by atoms with van der Waals surface area (Å²) >= 11 is 0. The van der Waals surface area contributed by atoms with Crippen LogP contribution in [0.2, 0.25) is 0 Å². The van der Waals surface area contributed by atoms with Crippen molar-refractivity contribution in [1.82, 2.24) is 4.98 Å². The highest BCUT2D eigenvalue weighted by molar-refractivity contribution is 5.92. The van der Waals surface area contributed by atoms with Gasteiger partial charge < -0.3 is 15.2 Å². The van der Waals surface area contributed by atoms with Gasteiger partial charge in [0.05, 0.1) is 0 Å². The predicted octanol–water partition coefficient (Wildman–Crippen LogP) is 0.570. The maximum atomic E-state index is 11.9. The van der Waals surface area contributed by atoms with E-state index in [2.05, 4.69) is 16.8 Å². The van der Waals surface area contributed by atoms with Crippen LogP contribution in [-0.4, -0.2) is 27.8 Å². The molecule has 2 rings (SSSR count). The van der Waals surface area contributed by atoms with Crippen molar-refractivity contribution in [1.29, 1.82) is 0 Å². The van der Waals surface area contributed by atoms with Crippen LogP contribution in [0.15, 0.2) is 29.2 Å². The summed E-state index contributed by atoms with van der Waals surface area (Å²) < 4.78 is 0. The number of aromatic amines is 1. The number of rotatable bonds is 1. The predicted molar refractivity (Wildman–Crippen MR) is 65.5 cm³/mol. The molecule has 0 bridgehead atoms. The van der Waals surface area contributed by atoms with Gasteiger partial charge in [-0.1, -0.05) is 11.8 Å². The average molecular weight is 243 g/mol. The van der Waals surface area contributed by atoms with Gasteiger partial charge in [0.2, 0.25) is 5.43 Å². The van der Waals surface area contributed by atoms with E-state index >= 15 is 0 Å². The van der Waals surface area contributed by atoms with Gasteiger partial charge in [0, 0.05) is 22.7 Å². The van der Waals surface area contributed by atoms with Crippen LogP contribution in [0, 0.1) is 11.8 Å². The molecule has 2 aromatic rings. The summed E-state index contributed by atoms with van der Waals surface area (Å²) in [4.78, 5) is 25.5. The Hall–Kier alpha value is -2.58. The number of pyridine rings is 1. The van der Waals surface area contributed by atoms with Crippen molar-refractivity contribution in [3.8, 4) is 11.8 Å². The third-order valence-corrected chi connectivity index (χ3v) is 2.42. The maximum Gasteiger partial charge on any atom is 0.341 e. The van der Waals surface area contributed by atoms with E-state index in [1.54, 1.807) is 12.1 Å². The van der Waals surface area contributed by atoms with Crippen LogP contribution in [0.25, 0.3) is 10.9 Å². The van der Waals surface area contributed by atoms with Gasteiger partial charge in [-0.25, -0.2) is 4.79 Å². The van der Waals surface area contributed by atoms with E-state index in [0.717, 1.165) is 0 Å². The van der Waals surface area contributed by atoms with Crippen molar-refractivity contribution in [2.45, 2.75) is 0 Å². The lowest BCUT2D eigenvalue weighted by atomic mass is 10.1. The SMILES string of the molecule is O=C(O)c1c[nH]c2ccc(C#CCO)cc2c1=O. The second-order valence-electron chi connectivity index (χ2n) is 3.56. The highest BCUT2D eigenvalue weighted by Gasteiger charge is 2.11. The lowest BCUT2D eigenvalue weighted by Gasteiger charge is -2.00. The molecule has 5 nitrogen and oxygen atoms in total. The van der Waals surface area contributed by atoms with Crippen molar-refractivity contribution >= 4 is 16.9 Å². The van der Waals surface area contributed by atoms with Crippen LogP contribution in [0.4, 0.5) is 0 Å². The zero-order valence-electron chi connectivity index (χ0n) is 9.23. The summed E-state index contributed by atoms with van der Waals surface area (Å²) in [5.41, 5.74) is 0.225. The number of aliphatic hydroxyl groups excluding tert-OH is 1. The molecule has 0 fully saturated rings. The molecule has 0 spiro atoms. The number of fused-ring (bicyclic) bond motifs is 1. The smallest absolute Gasteiger partial charge is 0.341 e. The van der Waals surface area contributed by atoms with Crippen LogP contribution < -0.4 is 5.43 Å². The second-order valence-corrected chi connectivity index (χ2v) is 3.56. The molecule has 0 atom stereocenters. The van der Waals surface area contributed by atoms with Gasteiger partial charge in [0.15, 0.2) is 0 Å². The molecule has 1 aromatic carbocycles. The van der Waals surface area contributed by atoms with Gasteiger partial charge in [-0.05, 0) is 18.2 Å². The lowest BCUT2D eigenvalue weighted by Crippen LogP contribution is -2.15. The van der Waals surface area contributed by atoms with E-state index < -0.39 is 11.4 Å². The van der Waals surface area contributed by atoms with Crippen LogP contribution in [0.5, 0.6) is 0 Å². The number of aromatic carboxylic acids is 1. The second kappa shape index (κ2) is 4.73. The van der Waals surface area contributed by atoms with Crippen molar-refractivity contribution < 1.29 is 15.0 Å². The fraction of sp³-hybridized carbons (Fsp3) is 0.0769. The molecule has 0 amide bonds. The number of H-pyrrole nitrogens is 1. The molecule has 0 radical (unpaired) electrons. The summed E-state index contributed by atoms with van der Waals surface area (Å²) in [6.45, 7) is -0.274. The van der Waals surface area contributed by atoms with Crippen LogP contribution in [-0.2, 0) is 0 Å². The molecule has 0 unspecified atom stereocenters. The molecule has 18 heavy (non-hydrogen) atoms. The molecule has 0 aliphatic carbocycles. The number of aliphatic hydroxyl groups is 1. The molecule has 0 saturated carbocycles. The molecule has 0 aliphatic rings. The number of aromatic nitrogens is 1. The van der Waals surface area contributed by atoms with Crippen LogP contribution in [0.1, 0.15) is 15.9 Å². The fourth-order valence-corrected chi connectivity index (χ4v) is 1.60. The highest BCUT2D eigenvalue weighted by atomic mass is 16.4. The van der Waals surface area contributed by atoms with E-state index in [4.69, 9.17) is 10.2 Å². The number of carboxylic acids is 1. The van der Waals surface area contributed by atoms with E-state index in [0.29, 0.717) is 11.1 Å². The molecule has 0 saturated heterocycles. The Morgan fingerprint density at radius 2 is 2.17 bits per heavy atom. The first kappa shape index (κ1) is 11.9. The number of carboxylic acid groups (broad SMARTS) is 1. The number of carbonyl (C=O) groups is 1. The highest BCUT2D eigenvalue weighted by Crippen LogP contribution is 2.10. The largest absolute Gasteiger partial charge is 0.477 e. The van der Waals surface area contributed by atoms with E-state index in [-0.39, 0.29) is 17.6 Å². The van der Waals surface area contributed by atoms with Crippen molar-refractivity contribution in [3.05, 3.63) is 45.7 Å². The van der Waals surface area contributed by atoms with Gasteiger partial charge in [-0.15, -0.1) is 0 Å². The van der Waals surface area contributed by atoms with Crippen molar-refractivity contribution in [2.75, 3.05) is 6.61 Å². The van der Waals surface area contributed by atoms with E-state index in [9.17, 15) is 9.59 Å². The molecule has 90 valence electrons. The first-order chi connectivity index (χ1) is 8.63. The Bertz CT molecular complexity index is 734. The van der Waals surface area contributed by atoms with Gasteiger partial charge >= 0.3 is 5.97 Å². The molecular weight excluding hydrogens is 234 g/mol. The maximum absolute atomic E-state index is 11.9. The summed E-state index contributed by atoms with van der Waals surface area (Å²) in [5, 5.41) is 17.7. The number of benzene rings is 1. The number of hydrogen-bond donors (Lipinski definition) is 3. The van der Waals surface area contributed by atoms with Crippen LogP contribution in [0.3, 0.4) is 0 Å². The Labute approximate surface area is 102 Å². The van der Waals surface area contributed by atoms with Gasteiger partial charge in [0.1, 0.15) is 12.2 Å². The normalized spacial score (nSPS) is 9.83. The third-order valence-electron chi connectivity index (χ3n) is 2.42. The average Bonchev–Trinajstić information content (AvgIpc) is 2.36. The summed E-state index contributed by atoms with van der Waals surface area (Å²) in [6.07, 6.45) is 1.17. The van der Waals surface area contributed by atoms with Gasteiger partial charge in [-0.2, -0.15) is 0 Å². The first-order valence-corrected chi connectivity index (χ1v) is 5.12. The summed E-state index contributed by atoms with van der Waals surface area (Å²) in [6, 6.07) is 4.83. The zero-order valence-corrected chi connectivity index (χ0v) is 9.23. The van der Waals surface area contributed by atoms with E-state index in [1.807, 2.05) is 0 Å². The minimum Gasteiger partial charge on any atom is -0.477 e. The number of nitrogens with one attached hydrogen (secondary N) is 1. The third kappa shape index (κ3) is 2.10. The molecule has 5 heteroatoms. The quantitative estimate of drug-likeness (QED) is 0.639. The summed E-state index contributed by atoms with van der Waals surface area (Å²) in [7, 11) is 0. The molecule has 1 aromatic heterocycles. The molecule has 0 aliphatic heterocycles. The van der Waals surface area contributed by atoms with Gasteiger partial charge in [0.25, 0.3) is 0 Å². The Morgan fingerprint density at radius 1 is 1.39 bits per heavy atom.